The van der Waals surface area contributed by atoms with E-state index in [1.165, 1.54) is 19.2 Å². The number of hydrogen-bond donors (Lipinski definition) is 1. The lowest BCUT2D eigenvalue weighted by Crippen LogP contribution is -2.19. The van der Waals surface area contributed by atoms with Gasteiger partial charge in [0.1, 0.15) is 5.82 Å². The third-order valence-corrected chi connectivity index (χ3v) is 3.11. The van der Waals surface area contributed by atoms with Crippen LogP contribution in [0.5, 0.6) is 0 Å². The fourth-order valence-corrected chi connectivity index (χ4v) is 2.16. The smallest absolute Gasteiger partial charge is 0.269 e. The molecule has 0 atom stereocenters. The van der Waals surface area contributed by atoms with E-state index >= 15 is 0 Å². The summed E-state index contributed by atoms with van der Waals surface area (Å²) in [4.78, 5) is 11.3. The van der Waals surface area contributed by atoms with Crippen LogP contribution in [0.2, 0.25) is 0 Å². The van der Waals surface area contributed by atoms with Gasteiger partial charge in [0.15, 0.2) is 0 Å². The molecule has 0 aliphatic heterocycles. The van der Waals surface area contributed by atoms with Crippen LogP contribution < -0.4 is 0 Å². The number of hydrogen-bond acceptors (Lipinski definition) is 2. The summed E-state index contributed by atoms with van der Waals surface area (Å²) in [6, 6.07) is 5.17. The SMILES string of the molecule is Cc1cc(C)c(-n2ccc(/C=C/C(=O)N(C)O)c2)c(F)c1. The number of carbonyl (C=O) groups is 1. The number of hydroxylamine groups is 2. The quantitative estimate of drug-likeness (QED) is 0.536. The van der Waals surface area contributed by atoms with Gasteiger partial charge >= 0.3 is 0 Å². The van der Waals surface area contributed by atoms with Crippen LogP contribution in [0.25, 0.3) is 11.8 Å². The predicted octanol–water partition coefficient (Wildman–Crippen LogP) is 3.09. The van der Waals surface area contributed by atoms with Crippen LogP contribution in [0.4, 0.5) is 4.39 Å². The first-order valence-electron chi connectivity index (χ1n) is 6.48. The highest BCUT2D eigenvalue weighted by Crippen LogP contribution is 2.21. The summed E-state index contributed by atoms with van der Waals surface area (Å²) >= 11 is 0. The standard InChI is InChI=1S/C16H17FN2O2/c1-11-8-12(2)16(14(17)9-11)19-7-6-13(10-19)4-5-15(20)18(3)21/h4-10,21H,1-3H3/b5-4+. The minimum Gasteiger partial charge on any atom is -0.320 e. The molecule has 0 aliphatic carbocycles. The Morgan fingerprint density at radius 2 is 2.10 bits per heavy atom. The summed E-state index contributed by atoms with van der Waals surface area (Å²) in [6.45, 7) is 3.70. The van der Waals surface area contributed by atoms with E-state index in [-0.39, 0.29) is 5.82 Å². The van der Waals surface area contributed by atoms with Crippen molar-refractivity contribution in [1.82, 2.24) is 9.63 Å². The number of amides is 1. The van der Waals surface area contributed by atoms with Gasteiger partial charge in [-0.25, -0.2) is 9.45 Å². The van der Waals surface area contributed by atoms with Crippen molar-refractivity contribution in [2.75, 3.05) is 7.05 Å². The Labute approximate surface area is 122 Å². The molecule has 0 aliphatic rings. The Hall–Kier alpha value is -2.40. The van der Waals surface area contributed by atoms with Crippen molar-refractivity contribution in [3.05, 3.63) is 59.2 Å². The van der Waals surface area contributed by atoms with Gasteiger partial charge in [-0.1, -0.05) is 6.07 Å². The monoisotopic (exact) mass is 288 g/mol. The van der Waals surface area contributed by atoms with Gasteiger partial charge in [0, 0.05) is 25.5 Å². The average molecular weight is 288 g/mol. The maximum Gasteiger partial charge on any atom is 0.269 e. The van der Waals surface area contributed by atoms with Crippen LogP contribution in [0.3, 0.4) is 0 Å². The fraction of sp³-hybridized carbons (Fsp3) is 0.188. The van der Waals surface area contributed by atoms with Gasteiger partial charge in [0.05, 0.1) is 5.69 Å². The second-order valence-electron chi connectivity index (χ2n) is 4.96. The molecule has 0 saturated heterocycles. The largest absolute Gasteiger partial charge is 0.320 e. The van der Waals surface area contributed by atoms with Gasteiger partial charge in [-0.05, 0) is 48.7 Å². The Bertz CT molecular complexity index is 679. The van der Waals surface area contributed by atoms with Crippen molar-refractivity contribution in [3.63, 3.8) is 0 Å². The molecule has 4 nitrogen and oxygen atoms in total. The number of aromatic nitrogens is 1. The summed E-state index contributed by atoms with van der Waals surface area (Å²) in [6.07, 6.45) is 6.26. The van der Waals surface area contributed by atoms with Crippen LogP contribution in [-0.2, 0) is 4.79 Å². The van der Waals surface area contributed by atoms with Crippen molar-refractivity contribution < 1.29 is 14.4 Å². The van der Waals surface area contributed by atoms with E-state index in [2.05, 4.69) is 0 Å². The molecule has 1 heterocycles. The van der Waals surface area contributed by atoms with Crippen molar-refractivity contribution in [3.8, 4) is 5.69 Å². The Kier molecular flexibility index (Phi) is 4.23. The molecule has 2 rings (SSSR count). The zero-order valence-corrected chi connectivity index (χ0v) is 12.2. The highest BCUT2D eigenvalue weighted by atomic mass is 19.1. The molecule has 1 N–H and O–H groups in total. The molecule has 1 amide bonds. The van der Waals surface area contributed by atoms with Gasteiger partial charge in [-0.15, -0.1) is 0 Å². The first-order valence-corrected chi connectivity index (χ1v) is 6.48. The number of benzene rings is 1. The predicted molar refractivity (Wildman–Crippen MR) is 78.8 cm³/mol. The number of carbonyl (C=O) groups excluding carboxylic acids is 1. The molecule has 21 heavy (non-hydrogen) atoms. The first kappa shape index (κ1) is 15.0. The summed E-state index contributed by atoms with van der Waals surface area (Å²) in [5.41, 5.74) is 2.94. The van der Waals surface area contributed by atoms with Crippen molar-refractivity contribution in [1.29, 1.82) is 0 Å². The molecule has 0 saturated carbocycles. The average Bonchev–Trinajstić information content (AvgIpc) is 2.83. The number of halogens is 1. The highest BCUT2D eigenvalue weighted by molar-refractivity contribution is 5.90. The Morgan fingerprint density at radius 3 is 2.71 bits per heavy atom. The molecular formula is C16H17FN2O2. The molecule has 0 fully saturated rings. The normalized spacial score (nSPS) is 11.1. The lowest BCUT2D eigenvalue weighted by Gasteiger charge is -2.09. The van der Waals surface area contributed by atoms with E-state index in [0.717, 1.165) is 16.7 Å². The lowest BCUT2D eigenvalue weighted by atomic mass is 10.1. The van der Waals surface area contributed by atoms with Gasteiger partial charge in [-0.3, -0.25) is 10.0 Å². The van der Waals surface area contributed by atoms with Crippen molar-refractivity contribution in [2.24, 2.45) is 0 Å². The Morgan fingerprint density at radius 1 is 1.38 bits per heavy atom. The maximum absolute atomic E-state index is 14.1. The van der Waals surface area contributed by atoms with Gasteiger partial charge in [-0.2, -0.15) is 0 Å². The summed E-state index contributed by atoms with van der Waals surface area (Å²) in [7, 11) is 1.25. The number of rotatable bonds is 3. The molecule has 110 valence electrons. The Balaban J connectivity index is 2.31. The second kappa shape index (κ2) is 5.93. The highest BCUT2D eigenvalue weighted by Gasteiger charge is 2.09. The minimum atomic E-state index is -0.527. The molecule has 1 aromatic heterocycles. The zero-order chi connectivity index (χ0) is 15.6. The van der Waals surface area contributed by atoms with E-state index in [1.54, 1.807) is 29.1 Å². The van der Waals surface area contributed by atoms with E-state index in [1.807, 2.05) is 19.9 Å². The topological polar surface area (TPSA) is 45.5 Å². The number of nitrogens with zero attached hydrogens (tertiary/aromatic N) is 2. The molecule has 5 heteroatoms. The van der Waals surface area contributed by atoms with Gasteiger partial charge < -0.3 is 4.57 Å². The first-order chi connectivity index (χ1) is 9.88. The summed E-state index contributed by atoms with van der Waals surface area (Å²) in [5, 5.41) is 9.46. The van der Waals surface area contributed by atoms with E-state index in [9.17, 15) is 9.18 Å². The third-order valence-electron chi connectivity index (χ3n) is 3.11. The lowest BCUT2D eigenvalue weighted by molar-refractivity contribution is -0.153. The van der Waals surface area contributed by atoms with Crippen molar-refractivity contribution in [2.45, 2.75) is 13.8 Å². The fourth-order valence-electron chi connectivity index (χ4n) is 2.16. The molecule has 0 radical (unpaired) electrons. The number of likely N-dealkylation sites (N-methyl/N-ethyl adjacent to an activating group) is 1. The molecule has 1 aromatic carbocycles. The van der Waals surface area contributed by atoms with Crippen LogP contribution >= 0.6 is 0 Å². The molecule has 0 bridgehead atoms. The summed E-state index contributed by atoms with van der Waals surface area (Å²) in [5.74, 6) is -0.815. The van der Waals surface area contributed by atoms with Crippen molar-refractivity contribution >= 4 is 12.0 Å². The third kappa shape index (κ3) is 3.38. The van der Waals surface area contributed by atoms with Crippen LogP contribution in [0, 0.1) is 19.7 Å². The second-order valence-corrected chi connectivity index (χ2v) is 4.96. The number of aryl methyl sites for hydroxylation is 2. The minimum absolute atomic E-state index is 0.287. The van der Waals surface area contributed by atoms with Gasteiger partial charge in [0.2, 0.25) is 0 Å². The maximum atomic E-state index is 14.1. The molecule has 0 spiro atoms. The molecule has 2 aromatic rings. The van der Waals surface area contributed by atoms with Crippen LogP contribution in [0.15, 0.2) is 36.7 Å². The van der Waals surface area contributed by atoms with E-state index in [0.29, 0.717) is 10.8 Å². The zero-order valence-electron chi connectivity index (χ0n) is 12.2. The molecular weight excluding hydrogens is 271 g/mol. The summed E-state index contributed by atoms with van der Waals surface area (Å²) < 4.78 is 15.8. The molecule has 0 unspecified atom stereocenters. The van der Waals surface area contributed by atoms with E-state index < -0.39 is 5.91 Å². The van der Waals surface area contributed by atoms with Gasteiger partial charge in [0.25, 0.3) is 5.91 Å². The van der Waals surface area contributed by atoms with Crippen LogP contribution in [0.1, 0.15) is 16.7 Å². The van der Waals surface area contributed by atoms with Crippen LogP contribution in [-0.4, -0.2) is 27.8 Å². The van der Waals surface area contributed by atoms with E-state index in [4.69, 9.17) is 5.21 Å².